The van der Waals surface area contributed by atoms with E-state index >= 15 is 0 Å². The molecular weight excluding hydrogens is 250 g/mol. The second kappa shape index (κ2) is 6.75. The molecule has 3 nitrogen and oxygen atoms in total. The lowest BCUT2D eigenvalue weighted by molar-refractivity contribution is -0.152. The molecule has 0 aromatic heterocycles. The summed E-state index contributed by atoms with van der Waals surface area (Å²) in [6, 6.07) is 17.7. The lowest BCUT2D eigenvalue weighted by Gasteiger charge is -2.19. The van der Waals surface area contributed by atoms with Crippen LogP contribution in [0.2, 0.25) is 0 Å². The van der Waals surface area contributed by atoms with Gasteiger partial charge in [0.2, 0.25) is 0 Å². The van der Waals surface area contributed by atoms with Gasteiger partial charge in [-0.25, -0.2) is 0 Å². The number of para-hydroxylation sites is 1. The van der Waals surface area contributed by atoms with Gasteiger partial charge in [-0.15, -0.1) is 0 Å². The summed E-state index contributed by atoms with van der Waals surface area (Å²) in [6.45, 7) is 1.98. The second-order valence-electron chi connectivity index (χ2n) is 4.59. The van der Waals surface area contributed by atoms with Crippen molar-refractivity contribution in [3.05, 3.63) is 54.6 Å². The molecule has 0 N–H and O–H groups in total. The molecule has 0 aliphatic heterocycles. The van der Waals surface area contributed by atoms with Gasteiger partial charge in [0.25, 0.3) is 5.91 Å². The molecular formula is C17H19NO2. The molecule has 1 amide bonds. The van der Waals surface area contributed by atoms with Crippen molar-refractivity contribution in [2.24, 2.45) is 0 Å². The Hall–Kier alpha value is -2.29. The molecule has 0 heterocycles. The number of carbonyl (C=O) groups is 1. The summed E-state index contributed by atoms with van der Waals surface area (Å²) in [7, 11) is 1.65. The fraction of sp³-hybridized carbons (Fsp3) is 0.235. The van der Waals surface area contributed by atoms with Crippen molar-refractivity contribution in [3.63, 3.8) is 0 Å². The number of hydroxylamine groups is 2. The van der Waals surface area contributed by atoms with E-state index in [4.69, 9.17) is 4.84 Å². The molecule has 0 aliphatic carbocycles. The van der Waals surface area contributed by atoms with Gasteiger partial charge in [-0.2, -0.15) is 5.06 Å². The Labute approximate surface area is 119 Å². The highest BCUT2D eigenvalue weighted by Crippen LogP contribution is 2.29. The van der Waals surface area contributed by atoms with E-state index in [9.17, 15) is 4.79 Å². The Kier molecular flexibility index (Phi) is 4.77. The van der Waals surface area contributed by atoms with Gasteiger partial charge < -0.3 is 4.84 Å². The summed E-state index contributed by atoms with van der Waals surface area (Å²) in [5.41, 5.74) is 2.05. The molecule has 2 aromatic carbocycles. The van der Waals surface area contributed by atoms with Crippen LogP contribution in [0, 0.1) is 0 Å². The first-order valence-corrected chi connectivity index (χ1v) is 6.81. The van der Waals surface area contributed by atoms with Gasteiger partial charge in [-0.1, -0.05) is 55.5 Å². The first-order chi connectivity index (χ1) is 9.72. The number of hydrogen-bond acceptors (Lipinski definition) is 2. The van der Waals surface area contributed by atoms with Crippen LogP contribution in [0.15, 0.2) is 54.6 Å². The van der Waals surface area contributed by atoms with Gasteiger partial charge in [0, 0.05) is 19.0 Å². The number of amides is 1. The molecule has 2 aromatic rings. The quantitative estimate of drug-likeness (QED) is 0.770. The highest BCUT2D eigenvalue weighted by atomic mass is 16.7. The highest BCUT2D eigenvalue weighted by Gasteiger charge is 2.12. The van der Waals surface area contributed by atoms with Crippen LogP contribution < -0.4 is 4.84 Å². The van der Waals surface area contributed by atoms with E-state index in [1.165, 1.54) is 5.06 Å². The SMILES string of the molecule is CCCC(=O)N(C)Oc1ccccc1-c1ccccc1. The second-order valence-corrected chi connectivity index (χ2v) is 4.59. The zero-order valence-corrected chi connectivity index (χ0v) is 11.9. The van der Waals surface area contributed by atoms with Crippen molar-refractivity contribution in [3.8, 4) is 16.9 Å². The largest absolute Gasteiger partial charge is 0.376 e. The van der Waals surface area contributed by atoms with Gasteiger partial charge in [0.15, 0.2) is 5.75 Å². The van der Waals surface area contributed by atoms with Crippen molar-refractivity contribution in [1.82, 2.24) is 5.06 Å². The molecule has 20 heavy (non-hydrogen) atoms. The molecule has 0 unspecified atom stereocenters. The summed E-state index contributed by atoms with van der Waals surface area (Å²) >= 11 is 0. The van der Waals surface area contributed by atoms with Crippen LogP contribution in [0.4, 0.5) is 0 Å². The maximum absolute atomic E-state index is 11.8. The topological polar surface area (TPSA) is 29.5 Å². The molecule has 0 aliphatic rings. The summed E-state index contributed by atoms with van der Waals surface area (Å²) in [4.78, 5) is 17.5. The number of nitrogens with zero attached hydrogens (tertiary/aromatic N) is 1. The molecule has 0 saturated heterocycles. The third kappa shape index (κ3) is 3.38. The standard InChI is InChI=1S/C17H19NO2/c1-3-9-17(19)18(2)20-16-13-8-7-12-15(16)14-10-5-4-6-11-14/h4-8,10-13H,3,9H2,1-2H3. The molecule has 0 fully saturated rings. The van der Waals surface area contributed by atoms with E-state index in [0.717, 1.165) is 17.5 Å². The van der Waals surface area contributed by atoms with Gasteiger partial charge in [0.05, 0.1) is 0 Å². The van der Waals surface area contributed by atoms with Crippen LogP contribution in [0.1, 0.15) is 19.8 Å². The van der Waals surface area contributed by atoms with E-state index < -0.39 is 0 Å². The van der Waals surface area contributed by atoms with E-state index in [1.807, 2.05) is 61.5 Å². The third-order valence-corrected chi connectivity index (χ3v) is 3.02. The number of rotatable bonds is 5. The monoisotopic (exact) mass is 269 g/mol. The Bertz CT molecular complexity index is 566. The first-order valence-electron chi connectivity index (χ1n) is 6.81. The van der Waals surface area contributed by atoms with Crippen LogP contribution in [-0.2, 0) is 4.79 Å². The van der Waals surface area contributed by atoms with Gasteiger partial charge >= 0.3 is 0 Å². The van der Waals surface area contributed by atoms with Crippen molar-refractivity contribution in [2.45, 2.75) is 19.8 Å². The minimum Gasteiger partial charge on any atom is -0.376 e. The van der Waals surface area contributed by atoms with Crippen LogP contribution in [-0.4, -0.2) is 18.0 Å². The van der Waals surface area contributed by atoms with Gasteiger partial charge in [-0.05, 0) is 18.1 Å². The molecule has 0 spiro atoms. The average Bonchev–Trinajstić information content (AvgIpc) is 2.49. The molecule has 3 heteroatoms. The van der Waals surface area contributed by atoms with E-state index in [-0.39, 0.29) is 5.91 Å². The van der Waals surface area contributed by atoms with E-state index in [1.54, 1.807) is 7.05 Å². The molecule has 2 rings (SSSR count). The average molecular weight is 269 g/mol. The number of carbonyl (C=O) groups excluding carboxylic acids is 1. The van der Waals surface area contributed by atoms with Crippen LogP contribution >= 0.6 is 0 Å². The minimum atomic E-state index is -0.0182. The fourth-order valence-electron chi connectivity index (χ4n) is 1.97. The normalized spacial score (nSPS) is 10.1. The minimum absolute atomic E-state index is 0.0182. The van der Waals surface area contributed by atoms with Gasteiger partial charge in [0.1, 0.15) is 0 Å². The summed E-state index contributed by atoms with van der Waals surface area (Å²) in [5, 5.41) is 1.31. The van der Waals surface area contributed by atoms with E-state index in [2.05, 4.69) is 0 Å². The molecule has 0 bridgehead atoms. The molecule has 0 radical (unpaired) electrons. The highest BCUT2D eigenvalue weighted by molar-refractivity contribution is 5.75. The summed E-state index contributed by atoms with van der Waals surface area (Å²) < 4.78 is 0. The zero-order chi connectivity index (χ0) is 14.4. The Balaban J connectivity index is 2.23. The van der Waals surface area contributed by atoms with Crippen LogP contribution in [0.5, 0.6) is 5.75 Å². The van der Waals surface area contributed by atoms with Crippen molar-refractivity contribution >= 4 is 5.91 Å². The fourth-order valence-corrected chi connectivity index (χ4v) is 1.97. The number of hydrogen-bond donors (Lipinski definition) is 0. The molecule has 0 saturated carbocycles. The smallest absolute Gasteiger partial charge is 0.254 e. The van der Waals surface area contributed by atoms with Crippen molar-refractivity contribution < 1.29 is 9.63 Å². The molecule has 104 valence electrons. The Morgan fingerprint density at radius 3 is 2.40 bits per heavy atom. The Morgan fingerprint density at radius 2 is 1.70 bits per heavy atom. The predicted molar refractivity (Wildman–Crippen MR) is 80.2 cm³/mol. The van der Waals surface area contributed by atoms with Crippen molar-refractivity contribution in [2.75, 3.05) is 7.05 Å². The summed E-state index contributed by atoms with van der Waals surface area (Å²) in [6.07, 6.45) is 1.30. The van der Waals surface area contributed by atoms with E-state index in [0.29, 0.717) is 12.2 Å². The van der Waals surface area contributed by atoms with Gasteiger partial charge in [-0.3, -0.25) is 4.79 Å². The zero-order valence-electron chi connectivity index (χ0n) is 11.9. The first kappa shape index (κ1) is 14.1. The lowest BCUT2D eigenvalue weighted by Crippen LogP contribution is -2.29. The van der Waals surface area contributed by atoms with Crippen LogP contribution in [0.25, 0.3) is 11.1 Å². The lowest BCUT2D eigenvalue weighted by atomic mass is 10.1. The number of benzene rings is 2. The predicted octanol–water partition coefficient (Wildman–Crippen LogP) is 3.91. The Morgan fingerprint density at radius 1 is 1.05 bits per heavy atom. The molecule has 0 atom stereocenters. The third-order valence-electron chi connectivity index (χ3n) is 3.02. The maximum Gasteiger partial charge on any atom is 0.254 e. The van der Waals surface area contributed by atoms with Crippen molar-refractivity contribution in [1.29, 1.82) is 0 Å². The van der Waals surface area contributed by atoms with Crippen LogP contribution in [0.3, 0.4) is 0 Å². The summed E-state index contributed by atoms with van der Waals surface area (Å²) in [5.74, 6) is 0.668. The maximum atomic E-state index is 11.8.